The molecule has 2 aromatic carbocycles. The normalized spacial score (nSPS) is 11.1. The van der Waals surface area contributed by atoms with Gasteiger partial charge in [-0.25, -0.2) is 0 Å². The van der Waals surface area contributed by atoms with Crippen LogP contribution >= 0.6 is 0 Å². The van der Waals surface area contributed by atoms with Gasteiger partial charge in [-0.15, -0.1) is 0 Å². The maximum Gasteiger partial charge on any atom is 0.195 e. The second-order valence-corrected chi connectivity index (χ2v) is 5.43. The first-order chi connectivity index (χ1) is 11.7. The third kappa shape index (κ3) is 4.91. The van der Waals surface area contributed by atoms with Crippen LogP contribution < -0.4 is 20.1 Å². The third-order valence-electron chi connectivity index (χ3n) is 3.66. The van der Waals surface area contributed by atoms with Crippen LogP contribution in [0.4, 0.5) is 5.69 Å². The molecule has 0 aliphatic heterocycles. The highest BCUT2D eigenvalue weighted by Crippen LogP contribution is 2.29. The highest BCUT2D eigenvalue weighted by atomic mass is 16.5. The highest BCUT2D eigenvalue weighted by molar-refractivity contribution is 5.93. The molecule has 0 fully saturated rings. The van der Waals surface area contributed by atoms with Gasteiger partial charge in [0, 0.05) is 25.3 Å². The molecule has 5 nitrogen and oxygen atoms in total. The second kappa shape index (κ2) is 8.82. The Balaban J connectivity index is 1.92. The summed E-state index contributed by atoms with van der Waals surface area (Å²) < 4.78 is 10.6. The molecule has 0 aliphatic rings. The lowest BCUT2D eigenvalue weighted by atomic mass is 10.1. The number of guanidine groups is 1. The zero-order valence-corrected chi connectivity index (χ0v) is 14.7. The van der Waals surface area contributed by atoms with Gasteiger partial charge in [0.25, 0.3) is 0 Å². The second-order valence-electron chi connectivity index (χ2n) is 5.43. The summed E-state index contributed by atoms with van der Waals surface area (Å²) in [7, 11) is 5.00. The molecule has 0 atom stereocenters. The fourth-order valence-electron chi connectivity index (χ4n) is 2.42. The maximum absolute atomic E-state index is 5.32. The summed E-state index contributed by atoms with van der Waals surface area (Å²) in [5.41, 5.74) is 3.47. The number of rotatable bonds is 6. The van der Waals surface area contributed by atoms with E-state index in [1.807, 2.05) is 18.2 Å². The molecule has 2 aromatic rings. The van der Waals surface area contributed by atoms with Crippen molar-refractivity contribution in [2.24, 2.45) is 4.99 Å². The van der Waals surface area contributed by atoms with Crippen molar-refractivity contribution in [3.63, 3.8) is 0 Å². The first-order valence-corrected chi connectivity index (χ1v) is 7.91. The number of nitrogens with zero attached hydrogens (tertiary/aromatic N) is 1. The largest absolute Gasteiger partial charge is 0.493 e. The van der Waals surface area contributed by atoms with E-state index in [1.54, 1.807) is 21.3 Å². The summed E-state index contributed by atoms with van der Waals surface area (Å²) in [6.45, 7) is 2.91. The van der Waals surface area contributed by atoms with Gasteiger partial charge in [-0.2, -0.15) is 0 Å². The maximum atomic E-state index is 5.32. The molecule has 0 spiro atoms. The van der Waals surface area contributed by atoms with Gasteiger partial charge in [-0.3, -0.25) is 4.99 Å². The number of ether oxygens (including phenoxy) is 2. The van der Waals surface area contributed by atoms with Crippen LogP contribution in [0, 0.1) is 6.92 Å². The summed E-state index contributed by atoms with van der Waals surface area (Å²) in [5, 5.41) is 6.57. The Morgan fingerprint density at radius 1 is 1.04 bits per heavy atom. The Morgan fingerprint density at radius 3 is 2.50 bits per heavy atom. The van der Waals surface area contributed by atoms with Gasteiger partial charge >= 0.3 is 0 Å². The lowest BCUT2D eigenvalue weighted by Crippen LogP contribution is -2.32. The molecule has 2 N–H and O–H groups in total. The van der Waals surface area contributed by atoms with Crippen LogP contribution in [0.25, 0.3) is 0 Å². The number of hydrogen-bond donors (Lipinski definition) is 2. The summed E-state index contributed by atoms with van der Waals surface area (Å²) >= 11 is 0. The Labute approximate surface area is 143 Å². The minimum absolute atomic E-state index is 0.678. The average Bonchev–Trinajstić information content (AvgIpc) is 2.60. The predicted octanol–water partition coefficient (Wildman–Crippen LogP) is 3.24. The van der Waals surface area contributed by atoms with Crippen molar-refractivity contribution in [2.75, 3.05) is 33.1 Å². The molecule has 0 bridgehead atoms. The average molecular weight is 327 g/mol. The van der Waals surface area contributed by atoms with Crippen molar-refractivity contribution in [3.05, 3.63) is 53.6 Å². The number of hydrogen-bond acceptors (Lipinski definition) is 3. The van der Waals surface area contributed by atoms with Crippen LogP contribution in [0.3, 0.4) is 0 Å². The van der Waals surface area contributed by atoms with Gasteiger partial charge in [0.15, 0.2) is 17.5 Å². The fourth-order valence-corrected chi connectivity index (χ4v) is 2.42. The Bertz CT molecular complexity index is 699. The fraction of sp³-hybridized carbons (Fsp3) is 0.316. The summed E-state index contributed by atoms with van der Waals surface area (Å²) in [6.07, 6.45) is 0.939. The van der Waals surface area contributed by atoms with E-state index in [1.165, 1.54) is 11.1 Å². The third-order valence-corrected chi connectivity index (χ3v) is 3.66. The molecule has 2 rings (SSSR count). The topological polar surface area (TPSA) is 54.9 Å². The standard InChI is InChI=1S/C19H25N3O2/c1-14-6-5-7-15(12-14)10-11-21-19(20-2)22-16-8-9-17(23-3)18(13-16)24-4/h5-9,12-13H,10-11H2,1-4H3,(H2,20,21,22). The highest BCUT2D eigenvalue weighted by Gasteiger charge is 2.06. The molecule has 0 aliphatic carbocycles. The molecule has 0 saturated heterocycles. The molecule has 0 aromatic heterocycles. The molecule has 0 saturated carbocycles. The first kappa shape index (κ1) is 17.7. The van der Waals surface area contributed by atoms with E-state index in [2.05, 4.69) is 46.8 Å². The zero-order valence-electron chi connectivity index (χ0n) is 14.7. The molecule has 0 amide bonds. The van der Waals surface area contributed by atoms with Crippen molar-refractivity contribution >= 4 is 11.6 Å². The van der Waals surface area contributed by atoms with Gasteiger partial charge in [0.1, 0.15) is 0 Å². The van der Waals surface area contributed by atoms with Crippen molar-refractivity contribution in [1.29, 1.82) is 0 Å². The number of methoxy groups -OCH3 is 2. The van der Waals surface area contributed by atoms with E-state index in [-0.39, 0.29) is 0 Å². The minimum Gasteiger partial charge on any atom is -0.493 e. The molecular formula is C19H25N3O2. The number of anilines is 1. The van der Waals surface area contributed by atoms with Crippen LogP contribution in [-0.2, 0) is 6.42 Å². The van der Waals surface area contributed by atoms with E-state index in [0.29, 0.717) is 11.5 Å². The van der Waals surface area contributed by atoms with E-state index in [4.69, 9.17) is 9.47 Å². The van der Waals surface area contributed by atoms with E-state index in [9.17, 15) is 0 Å². The Morgan fingerprint density at radius 2 is 1.83 bits per heavy atom. The number of aliphatic imine (C=N–C) groups is 1. The molecular weight excluding hydrogens is 302 g/mol. The summed E-state index contributed by atoms with van der Waals surface area (Å²) in [5.74, 6) is 2.10. The molecule has 128 valence electrons. The van der Waals surface area contributed by atoms with Gasteiger partial charge in [-0.05, 0) is 31.0 Å². The Kier molecular flexibility index (Phi) is 6.49. The number of aryl methyl sites for hydroxylation is 1. The van der Waals surface area contributed by atoms with Gasteiger partial charge < -0.3 is 20.1 Å². The van der Waals surface area contributed by atoms with Crippen LogP contribution in [0.5, 0.6) is 11.5 Å². The van der Waals surface area contributed by atoms with Crippen molar-refractivity contribution in [3.8, 4) is 11.5 Å². The lowest BCUT2D eigenvalue weighted by Gasteiger charge is -2.14. The summed E-state index contributed by atoms with van der Waals surface area (Å²) in [4.78, 5) is 4.25. The van der Waals surface area contributed by atoms with E-state index in [0.717, 1.165) is 24.6 Å². The number of nitrogens with one attached hydrogen (secondary N) is 2. The molecule has 5 heteroatoms. The lowest BCUT2D eigenvalue weighted by molar-refractivity contribution is 0.355. The van der Waals surface area contributed by atoms with Crippen LogP contribution in [-0.4, -0.2) is 33.8 Å². The van der Waals surface area contributed by atoms with E-state index < -0.39 is 0 Å². The van der Waals surface area contributed by atoms with Crippen molar-refractivity contribution in [2.45, 2.75) is 13.3 Å². The van der Waals surface area contributed by atoms with Crippen molar-refractivity contribution < 1.29 is 9.47 Å². The molecule has 0 heterocycles. The molecule has 0 unspecified atom stereocenters. The predicted molar refractivity (Wildman–Crippen MR) is 99.4 cm³/mol. The summed E-state index contributed by atoms with van der Waals surface area (Å²) in [6, 6.07) is 14.2. The smallest absolute Gasteiger partial charge is 0.195 e. The van der Waals surface area contributed by atoms with Crippen LogP contribution in [0.2, 0.25) is 0 Å². The Hall–Kier alpha value is -2.69. The quantitative estimate of drug-likeness (QED) is 0.632. The van der Waals surface area contributed by atoms with Crippen molar-refractivity contribution in [1.82, 2.24) is 5.32 Å². The molecule has 0 radical (unpaired) electrons. The first-order valence-electron chi connectivity index (χ1n) is 7.91. The molecule has 24 heavy (non-hydrogen) atoms. The van der Waals surface area contributed by atoms with E-state index >= 15 is 0 Å². The van der Waals surface area contributed by atoms with Gasteiger partial charge in [0.05, 0.1) is 14.2 Å². The monoisotopic (exact) mass is 327 g/mol. The van der Waals surface area contributed by atoms with Gasteiger partial charge in [0.2, 0.25) is 0 Å². The van der Waals surface area contributed by atoms with Crippen LogP contribution in [0.15, 0.2) is 47.5 Å². The SMILES string of the molecule is CN=C(NCCc1cccc(C)c1)Nc1ccc(OC)c(OC)c1. The minimum atomic E-state index is 0.678. The van der Waals surface area contributed by atoms with Crippen LogP contribution in [0.1, 0.15) is 11.1 Å². The number of benzene rings is 2. The van der Waals surface area contributed by atoms with Gasteiger partial charge in [-0.1, -0.05) is 29.8 Å². The zero-order chi connectivity index (χ0) is 17.4.